The Morgan fingerprint density at radius 2 is 2.11 bits per heavy atom. The van der Waals surface area contributed by atoms with Gasteiger partial charge in [0.15, 0.2) is 0 Å². The second-order valence-corrected chi connectivity index (χ2v) is 6.35. The number of aromatic nitrogens is 1. The first-order chi connectivity index (χ1) is 8.80. The van der Waals surface area contributed by atoms with Gasteiger partial charge in [-0.2, -0.15) is 0 Å². The highest BCUT2D eigenvalue weighted by Gasteiger charge is 2.30. The molecule has 5 nitrogen and oxygen atoms in total. The molecule has 0 bridgehead atoms. The quantitative estimate of drug-likeness (QED) is 0.627. The molecule has 0 aliphatic rings. The number of halogens is 1. The Kier molecular flexibility index (Phi) is 5.71. The average molecular weight is 375 g/mol. The van der Waals surface area contributed by atoms with Gasteiger partial charge in [-0.15, -0.1) is 0 Å². The first kappa shape index (κ1) is 15.9. The third-order valence-electron chi connectivity index (χ3n) is 2.54. The molecule has 19 heavy (non-hydrogen) atoms. The first-order valence-corrected chi connectivity index (χ1v) is 7.01. The van der Waals surface area contributed by atoms with E-state index in [-0.39, 0.29) is 15.2 Å². The van der Waals surface area contributed by atoms with Crippen LogP contribution in [0.1, 0.15) is 26.3 Å². The minimum Gasteiger partial charge on any atom is -0.334 e. The zero-order valence-electron chi connectivity index (χ0n) is 11.2. The Bertz CT molecular complexity index is 443. The molecule has 0 aliphatic heterocycles. The van der Waals surface area contributed by atoms with E-state index < -0.39 is 6.04 Å². The number of urea groups is 1. The molecule has 1 rings (SSSR count). The van der Waals surface area contributed by atoms with Crippen molar-refractivity contribution in [2.45, 2.75) is 33.4 Å². The number of carbonyl (C=O) groups is 2. The summed E-state index contributed by atoms with van der Waals surface area (Å²) in [4.78, 5) is 27.3. The van der Waals surface area contributed by atoms with E-state index in [1.165, 1.54) is 0 Å². The second kappa shape index (κ2) is 6.83. The number of carbonyl (C=O) groups excluding carboxylic acids is 2. The third-order valence-corrected chi connectivity index (χ3v) is 3.17. The fourth-order valence-electron chi connectivity index (χ4n) is 1.48. The van der Waals surface area contributed by atoms with Crippen LogP contribution in [0.25, 0.3) is 0 Å². The Balaban J connectivity index is 2.52. The molecule has 6 heteroatoms. The van der Waals surface area contributed by atoms with E-state index in [4.69, 9.17) is 0 Å². The molecular formula is C13H18IN3O2. The fourth-order valence-corrected chi connectivity index (χ4v) is 2.57. The van der Waals surface area contributed by atoms with E-state index in [0.29, 0.717) is 6.54 Å². The van der Waals surface area contributed by atoms with Gasteiger partial charge in [0, 0.05) is 41.5 Å². The van der Waals surface area contributed by atoms with Gasteiger partial charge in [-0.25, -0.2) is 4.79 Å². The van der Waals surface area contributed by atoms with Crippen molar-refractivity contribution in [3.8, 4) is 0 Å². The molecule has 1 aromatic heterocycles. The van der Waals surface area contributed by atoms with Gasteiger partial charge in [0.2, 0.25) is 3.79 Å². The molecule has 0 fully saturated rings. The lowest BCUT2D eigenvalue weighted by atomic mass is 9.88. The minimum atomic E-state index is -0.512. The van der Waals surface area contributed by atoms with Crippen LogP contribution in [0, 0.1) is 5.41 Å². The molecule has 0 saturated carbocycles. The van der Waals surface area contributed by atoms with Crippen LogP contribution < -0.4 is 10.6 Å². The molecule has 1 unspecified atom stereocenters. The number of nitrogens with zero attached hydrogens (tertiary/aromatic N) is 1. The molecule has 1 heterocycles. The standard InChI is InChI=1S/C13H18IN3O2/c1-13(2,3)10(11(14)18)17-12(19)16-8-9-5-4-6-15-7-9/h4-7,10H,8H2,1-3H3,(H2,16,17,19). The van der Waals surface area contributed by atoms with Crippen molar-refractivity contribution in [3.63, 3.8) is 0 Å². The molecule has 2 N–H and O–H groups in total. The number of nitrogens with one attached hydrogen (secondary N) is 2. The summed E-state index contributed by atoms with van der Waals surface area (Å²) < 4.78 is -0.0818. The third kappa shape index (κ3) is 5.54. The van der Waals surface area contributed by atoms with Crippen LogP contribution in [0.4, 0.5) is 4.79 Å². The highest BCUT2D eigenvalue weighted by molar-refractivity contribution is 14.1. The lowest BCUT2D eigenvalue weighted by Crippen LogP contribution is -2.50. The molecule has 0 aliphatic carbocycles. The van der Waals surface area contributed by atoms with Gasteiger partial charge in [-0.05, 0) is 17.0 Å². The Labute approximate surface area is 126 Å². The summed E-state index contributed by atoms with van der Waals surface area (Å²) in [5.41, 5.74) is 0.593. The number of rotatable bonds is 4. The average Bonchev–Trinajstić information content (AvgIpc) is 2.33. The van der Waals surface area contributed by atoms with Gasteiger partial charge in [0.1, 0.15) is 6.04 Å². The fraction of sp³-hybridized carbons (Fsp3) is 0.462. The van der Waals surface area contributed by atoms with Crippen molar-refractivity contribution in [3.05, 3.63) is 30.1 Å². The van der Waals surface area contributed by atoms with Gasteiger partial charge in [-0.1, -0.05) is 26.8 Å². The maximum absolute atomic E-state index is 11.8. The Hall–Kier alpha value is -1.18. The first-order valence-electron chi connectivity index (χ1n) is 5.93. The summed E-state index contributed by atoms with van der Waals surface area (Å²) in [6, 6.07) is 2.81. The zero-order valence-corrected chi connectivity index (χ0v) is 13.4. The highest BCUT2D eigenvalue weighted by Crippen LogP contribution is 2.21. The Morgan fingerprint density at radius 1 is 1.42 bits per heavy atom. The summed E-state index contributed by atoms with van der Waals surface area (Å²) in [6.07, 6.45) is 3.36. The van der Waals surface area contributed by atoms with Crippen LogP contribution in [0.15, 0.2) is 24.5 Å². The summed E-state index contributed by atoms with van der Waals surface area (Å²) in [7, 11) is 0. The van der Waals surface area contributed by atoms with Crippen LogP contribution in [0.5, 0.6) is 0 Å². The van der Waals surface area contributed by atoms with Gasteiger partial charge < -0.3 is 10.6 Å². The second-order valence-electron chi connectivity index (χ2n) is 5.29. The molecule has 0 saturated heterocycles. The smallest absolute Gasteiger partial charge is 0.315 e. The summed E-state index contributed by atoms with van der Waals surface area (Å²) >= 11 is 1.71. The summed E-state index contributed by atoms with van der Waals surface area (Å²) in [5.74, 6) is 0. The van der Waals surface area contributed by atoms with E-state index in [1.54, 1.807) is 41.1 Å². The maximum Gasteiger partial charge on any atom is 0.315 e. The van der Waals surface area contributed by atoms with Crippen LogP contribution in [0.2, 0.25) is 0 Å². The van der Waals surface area contributed by atoms with E-state index in [2.05, 4.69) is 15.6 Å². The van der Waals surface area contributed by atoms with Gasteiger partial charge in [0.05, 0.1) is 0 Å². The van der Waals surface area contributed by atoms with E-state index >= 15 is 0 Å². The lowest BCUT2D eigenvalue weighted by molar-refractivity contribution is -0.113. The molecule has 0 spiro atoms. The van der Waals surface area contributed by atoms with Crippen LogP contribution in [-0.4, -0.2) is 20.8 Å². The van der Waals surface area contributed by atoms with Gasteiger partial charge >= 0.3 is 6.03 Å². The monoisotopic (exact) mass is 375 g/mol. The molecule has 104 valence electrons. The topological polar surface area (TPSA) is 71.1 Å². The van der Waals surface area contributed by atoms with E-state index in [9.17, 15) is 9.59 Å². The molecule has 1 aromatic rings. The maximum atomic E-state index is 11.8. The van der Waals surface area contributed by atoms with Crippen molar-refractivity contribution < 1.29 is 9.59 Å². The normalized spacial score (nSPS) is 12.6. The molecule has 0 radical (unpaired) electrons. The highest BCUT2D eigenvalue weighted by atomic mass is 127. The molecule has 2 amide bonds. The summed E-state index contributed by atoms with van der Waals surface area (Å²) in [5, 5.41) is 5.41. The SMILES string of the molecule is CC(C)(C)C(NC(=O)NCc1cccnc1)C(=O)I. The van der Waals surface area contributed by atoms with Gasteiger partial charge in [0.25, 0.3) is 0 Å². The van der Waals surface area contributed by atoms with Crippen molar-refractivity contribution in [2.75, 3.05) is 0 Å². The molecule has 0 aromatic carbocycles. The predicted molar refractivity (Wildman–Crippen MR) is 81.9 cm³/mol. The van der Waals surface area contributed by atoms with Crippen molar-refractivity contribution >= 4 is 32.4 Å². The van der Waals surface area contributed by atoms with E-state index in [1.807, 2.05) is 26.8 Å². The lowest BCUT2D eigenvalue weighted by Gasteiger charge is -2.28. The van der Waals surface area contributed by atoms with Crippen molar-refractivity contribution in [1.29, 1.82) is 0 Å². The summed E-state index contributed by atoms with van der Waals surface area (Å²) in [6.45, 7) is 6.12. The number of hydrogen-bond acceptors (Lipinski definition) is 3. The number of pyridine rings is 1. The Morgan fingerprint density at radius 3 is 2.58 bits per heavy atom. The zero-order chi connectivity index (χ0) is 14.5. The van der Waals surface area contributed by atoms with E-state index in [0.717, 1.165) is 5.56 Å². The number of hydrogen-bond donors (Lipinski definition) is 2. The van der Waals surface area contributed by atoms with Crippen LogP contribution in [-0.2, 0) is 11.3 Å². The predicted octanol–water partition coefficient (Wildman–Crippen LogP) is 2.26. The molecule has 1 atom stereocenters. The van der Waals surface area contributed by atoms with Crippen molar-refractivity contribution in [1.82, 2.24) is 15.6 Å². The molecular weight excluding hydrogens is 357 g/mol. The van der Waals surface area contributed by atoms with Crippen LogP contribution >= 0.6 is 22.6 Å². The van der Waals surface area contributed by atoms with Crippen LogP contribution in [0.3, 0.4) is 0 Å². The largest absolute Gasteiger partial charge is 0.334 e. The minimum absolute atomic E-state index is 0.0818. The van der Waals surface area contributed by atoms with Crippen molar-refractivity contribution in [2.24, 2.45) is 5.41 Å². The van der Waals surface area contributed by atoms with Gasteiger partial charge in [-0.3, -0.25) is 9.78 Å². The number of amides is 2.